The van der Waals surface area contributed by atoms with Gasteiger partial charge in [-0.2, -0.15) is 0 Å². The standard InChI is InChI=1S/C18H21N3O2S/c1-2-15-11-16(21-8-3-4-9-21)20-18(19-15)24-12-13-6-5-7-14(10-13)17(22)23/h5-7,10-11H,2-4,8-9,12H2,1H3,(H,22,23)/p-1. The van der Waals surface area contributed by atoms with Gasteiger partial charge in [-0.1, -0.05) is 36.9 Å². The molecule has 0 bridgehead atoms. The first-order valence-electron chi connectivity index (χ1n) is 8.21. The van der Waals surface area contributed by atoms with Crippen LogP contribution in [-0.2, 0) is 12.2 Å². The molecule has 0 N–H and O–H groups in total. The summed E-state index contributed by atoms with van der Waals surface area (Å²) < 4.78 is 0. The molecule has 2 heterocycles. The molecule has 0 aliphatic carbocycles. The van der Waals surface area contributed by atoms with E-state index in [4.69, 9.17) is 0 Å². The van der Waals surface area contributed by atoms with Crippen LogP contribution in [0.4, 0.5) is 5.82 Å². The van der Waals surface area contributed by atoms with Gasteiger partial charge < -0.3 is 14.8 Å². The van der Waals surface area contributed by atoms with Gasteiger partial charge in [-0.3, -0.25) is 0 Å². The maximum atomic E-state index is 11.0. The summed E-state index contributed by atoms with van der Waals surface area (Å²) in [5.74, 6) is 0.487. The molecular weight excluding hydrogens is 322 g/mol. The van der Waals surface area contributed by atoms with E-state index in [1.54, 1.807) is 18.2 Å². The van der Waals surface area contributed by atoms with Crippen LogP contribution in [0.1, 0.15) is 41.4 Å². The Bertz CT molecular complexity index is 730. The lowest BCUT2D eigenvalue weighted by atomic mass is 10.1. The molecule has 1 aromatic carbocycles. The van der Waals surface area contributed by atoms with Crippen molar-refractivity contribution in [3.8, 4) is 0 Å². The van der Waals surface area contributed by atoms with Gasteiger partial charge in [0, 0.05) is 30.6 Å². The highest BCUT2D eigenvalue weighted by molar-refractivity contribution is 7.98. The fourth-order valence-electron chi connectivity index (χ4n) is 2.75. The van der Waals surface area contributed by atoms with Gasteiger partial charge in [0.15, 0.2) is 5.16 Å². The first-order valence-corrected chi connectivity index (χ1v) is 9.20. The predicted molar refractivity (Wildman–Crippen MR) is 93.2 cm³/mol. The van der Waals surface area contributed by atoms with E-state index in [2.05, 4.69) is 27.9 Å². The second kappa shape index (κ2) is 7.66. The Morgan fingerprint density at radius 2 is 2.04 bits per heavy atom. The van der Waals surface area contributed by atoms with E-state index in [9.17, 15) is 9.90 Å². The van der Waals surface area contributed by atoms with E-state index < -0.39 is 5.97 Å². The highest BCUT2D eigenvalue weighted by Gasteiger charge is 2.15. The van der Waals surface area contributed by atoms with Crippen molar-refractivity contribution in [3.63, 3.8) is 0 Å². The molecule has 2 aromatic rings. The SMILES string of the molecule is CCc1cc(N2CCCC2)nc(SCc2cccc(C(=O)[O-])c2)n1. The molecule has 1 aromatic heterocycles. The van der Waals surface area contributed by atoms with Gasteiger partial charge in [-0.15, -0.1) is 0 Å². The Morgan fingerprint density at radius 1 is 1.25 bits per heavy atom. The Balaban J connectivity index is 1.75. The van der Waals surface area contributed by atoms with Crippen molar-refractivity contribution in [2.75, 3.05) is 18.0 Å². The Hall–Kier alpha value is -2.08. The van der Waals surface area contributed by atoms with Crippen molar-refractivity contribution in [1.29, 1.82) is 0 Å². The number of nitrogens with zero attached hydrogens (tertiary/aromatic N) is 3. The van der Waals surface area contributed by atoms with Crippen LogP contribution in [0.2, 0.25) is 0 Å². The average Bonchev–Trinajstić information content (AvgIpc) is 3.14. The van der Waals surface area contributed by atoms with Crippen LogP contribution in [0, 0.1) is 0 Å². The molecule has 0 unspecified atom stereocenters. The number of carbonyl (C=O) groups is 1. The zero-order valence-corrected chi connectivity index (χ0v) is 14.5. The molecule has 1 saturated heterocycles. The van der Waals surface area contributed by atoms with Gasteiger partial charge in [-0.05, 0) is 36.5 Å². The normalized spacial score (nSPS) is 14.1. The number of aromatic nitrogens is 2. The van der Waals surface area contributed by atoms with Crippen LogP contribution in [0.25, 0.3) is 0 Å². The number of carboxylic acid groups (broad SMARTS) is 1. The molecule has 1 aliphatic heterocycles. The summed E-state index contributed by atoms with van der Waals surface area (Å²) in [4.78, 5) is 22.5. The van der Waals surface area contributed by atoms with Gasteiger partial charge in [0.1, 0.15) is 5.82 Å². The molecule has 5 nitrogen and oxygen atoms in total. The van der Waals surface area contributed by atoms with E-state index in [0.29, 0.717) is 5.75 Å². The fourth-order valence-corrected chi connectivity index (χ4v) is 3.56. The smallest absolute Gasteiger partial charge is 0.190 e. The lowest BCUT2D eigenvalue weighted by molar-refractivity contribution is -0.255. The average molecular weight is 342 g/mol. The monoisotopic (exact) mass is 342 g/mol. The van der Waals surface area contributed by atoms with E-state index in [1.807, 2.05) is 6.07 Å². The summed E-state index contributed by atoms with van der Waals surface area (Å²) in [7, 11) is 0. The summed E-state index contributed by atoms with van der Waals surface area (Å²) >= 11 is 1.53. The van der Waals surface area contributed by atoms with Crippen molar-refractivity contribution in [2.24, 2.45) is 0 Å². The van der Waals surface area contributed by atoms with Crippen LogP contribution in [0.15, 0.2) is 35.5 Å². The molecule has 6 heteroatoms. The topological polar surface area (TPSA) is 69.2 Å². The van der Waals surface area contributed by atoms with E-state index in [1.165, 1.54) is 24.6 Å². The minimum absolute atomic E-state index is 0.203. The molecule has 126 valence electrons. The first kappa shape index (κ1) is 16.8. The van der Waals surface area contributed by atoms with Gasteiger partial charge >= 0.3 is 0 Å². The Kier molecular flexibility index (Phi) is 5.35. The largest absolute Gasteiger partial charge is 0.545 e. The Labute approximate surface area is 146 Å². The zero-order valence-electron chi connectivity index (χ0n) is 13.7. The molecule has 0 atom stereocenters. The highest BCUT2D eigenvalue weighted by Crippen LogP contribution is 2.25. The third-order valence-electron chi connectivity index (χ3n) is 4.07. The summed E-state index contributed by atoms with van der Waals surface area (Å²) in [6, 6.07) is 8.91. The van der Waals surface area contributed by atoms with E-state index in [0.717, 1.165) is 41.7 Å². The number of carbonyl (C=O) groups excluding carboxylic acids is 1. The third kappa shape index (κ3) is 4.06. The number of carboxylic acids is 1. The summed E-state index contributed by atoms with van der Waals surface area (Å²) in [6.45, 7) is 4.20. The number of hydrogen-bond acceptors (Lipinski definition) is 6. The van der Waals surface area contributed by atoms with Gasteiger partial charge in [0.2, 0.25) is 0 Å². The van der Waals surface area contributed by atoms with Crippen molar-refractivity contribution >= 4 is 23.5 Å². The van der Waals surface area contributed by atoms with Gasteiger partial charge in [-0.25, -0.2) is 9.97 Å². The van der Waals surface area contributed by atoms with Gasteiger partial charge in [0.25, 0.3) is 0 Å². The quantitative estimate of drug-likeness (QED) is 0.593. The van der Waals surface area contributed by atoms with E-state index >= 15 is 0 Å². The molecule has 0 spiro atoms. The molecule has 0 radical (unpaired) electrons. The van der Waals surface area contributed by atoms with Crippen molar-refractivity contribution in [3.05, 3.63) is 47.2 Å². The molecule has 24 heavy (non-hydrogen) atoms. The predicted octanol–water partition coefficient (Wildman–Crippen LogP) is 2.29. The lowest BCUT2D eigenvalue weighted by Gasteiger charge is -2.17. The van der Waals surface area contributed by atoms with Gasteiger partial charge in [0.05, 0.1) is 5.97 Å². The number of hydrogen-bond donors (Lipinski definition) is 0. The maximum Gasteiger partial charge on any atom is 0.190 e. The van der Waals surface area contributed by atoms with Crippen LogP contribution in [-0.4, -0.2) is 29.0 Å². The number of benzene rings is 1. The summed E-state index contributed by atoms with van der Waals surface area (Å²) in [5.41, 5.74) is 2.17. The van der Waals surface area contributed by atoms with Crippen LogP contribution < -0.4 is 10.0 Å². The number of thioether (sulfide) groups is 1. The maximum absolute atomic E-state index is 11.0. The highest BCUT2D eigenvalue weighted by atomic mass is 32.2. The Morgan fingerprint density at radius 3 is 2.75 bits per heavy atom. The van der Waals surface area contributed by atoms with Crippen LogP contribution in [0.3, 0.4) is 0 Å². The number of anilines is 1. The first-order chi connectivity index (χ1) is 11.7. The van der Waals surface area contributed by atoms with Crippen molar-refractivity contribution in [1.82, 2.24) is 9.97 Å². The molecule has 3 rings (SSSR count). The third-order valence-corrected chi connectivity index (χ3v) is 4.99. The second-order valence-electron chi connectivity index (χ2n) is 5.82. The zero-order chi connectivity index (χ0) is 16.9. The van der Waals surface area contributed by atoms with Crippen molar-refractivity contribution in [2.45, 2.75) is 37.1 Å². The number of rotatable bonds is 6. The molecule has 0 saturated carbocycles. The van der Waals surface area contributed by atoms with Crippen LogP contribution >= 0.6 is 11.8 Å². The second-order valence-corrected chi connectivity index (χ2v) is 6.77. The molecule has 1 fully saturated rings. The van der Waals surface area contributed by atoms with E-state index in [-0.39, 0.29) is 5.56 Å². The summed E-state index contributed by atoms with van der Waals surface area (Å²) in [5, 5.41) is 11.7. The molecule has 1 aliphatic rings. The molecular formula is C18H20N3O2S-. The lowest BCUT2D eigenvalue weighted by Crippen LogP contribution is -2.22. The van der Waals surface area contributed by atoms with Crippen molar-refractivity contribution < 1.29 is 9.90 Å². The van der Waals surface area contributed by atoms with Crippen LogP contribution in [0.5, 0.6) is 0 Å². The minimum atomic E-state index is -1.15. The molecule has 0 amide bonds. The summed E-state index contributed by atoms with van der Waals surface area (Å²) in [6.07, 6.45) is 3.30. The minimum Gasteiger partial charge on any atom is -0.545 e. The number of aromatic carboxylic acids is 1. The fraction of sp³-hybridized carbons (Fsp3) is 0.389. The number of aryl methyl sites for hydroxylation is 1.